The first-order valence-electron chi connectivity index (χ1n) is 16.9. The largest absolute Gasteiger partial charge is 0.495 e. The van der Waals surface area contributed by atoms with Gasteiger partial charge in [0.15, 0.2) is 25.1 Å². The third-order valence-electron chi connectivity index (χ3n) is 6.67. The second-order valence-corrected chi connectivity index (χ2v) is 10.3. The molecule has 0 N–H and O–H groups in total. The van der Waals surface area contributed by atoms with Crippen LogP contribution in [0, 0.1) is 0 Å². The maximum atomic E-state index is 6.31. The number of unbranched alkanes of at least 4 members (excludes halogenated alkanes) is 6. The molecule has 0 aromatic rings. The lowest BCUT2D eigenvalue weighted by Gasteiger charge is -2.25. The Morgan fingerprint density at radius 3 is 1.15 bits per heavy atom. The number of ether oxygens (including phenoxy) is 7. The van der Waals surface area contributed by atoms with E-state index in [2.05, 4.69) is 27.7 Å². The van der Waals surface area contributed by atoms with Crippen LogP contribution in [0.3, 0.4) is 0 Å². The molecule has 0 aromatic carbocycles. The fourth-order valence-electron chi connectivity index (χ4n) is 4.74. The maximum absolute atomic E-state index is 6.31. The molecule has 0 radical (unpaired) electrons. The van der Waals surface area contributed by atoms with E-state index in [4.69, 9.17) is 33.2 Å². The van der Waals surface area contributed by atoms with Gasteiger partial charge in [0.2, 0.25) is 0 Å². The normalized spacial score (nSPS) is 14.2. The molecule has 0 spiro atoms. The fourth-order valence-corrected chi connectivity index (χ4v) is 4.74. The van der Waals surface area contributed by atoms with Gasteiger partial charge in [-0.1, -0.05) is 79.1 Å². The summed E-state index contributed by atoms with van der Waals surface area (Å²) in [6.45, 7) is 19.4. The molecule has 0 fully saturated rings. The number of allylic oxidation sites excluding steroid dienone is 2. The van der Waals surface area contributed by atoms with E-state index in [1.54, 1.807) is 0 Å². The lowest BCUT2D eigenvalue weighted by atomic mass is 10.1. The van der Waals surface area contributed by atoms with Crippen LogP contribution < -0.4 is 0 Å². The minimum Gasteiger partial charge on any atom is -0.495 e. The Hall–Kier alpha value is -1.44. The van der Waals surface area contributed by atoms with E-state index in [1.807, 2.05) is 27.7 Å². The topological polar surface area (TPSA) is 64.6 Å². The average molecular weight is 587 g/mol. The van der Waals surface area contributed by atoms with Crippen LogP contribution in [0.1, 0.15) is 145 Å². The minimum atomic E-state index is -0.210. The van der Waals surface area contributed by atoms with Crippen LogP contribution in [-0.4, -0.2) is 52.2 Å². The molecule has 0 aromatic heterocycles. The Kier molecular flexibility index (Phi) is 27.7. The molecule has 0 aliphatic rings. The van der Waals surface area contributed by atoms with Gasteiger partial charge in [0.25, 0.3) is 0 Å². The fraction of sp³-hybridized carbons (Fsp3) is 0.882. The highest BCUT2D eigenvalue weighted by molar-refractivity contribution is 5.09. The van der Waals surface area contributed by atoms with Gasteiger partial charge in [-0.05, 0) is 53.4 Å². The van der Waals surface area contributed by atoms with Crippen LogP contribution >= 0.6 is 0 Å². The van der Waals surface area contributed by atoms with Gasteiger partial charge in [0, 0.05) is 12.8 Å². The van der Waals surface area contributed by atoms with Crippen LogP contribution in [0.25, 0.3) is 0 Å². The van der Waals surface area contributed by atoms with Crippen LogP contribution in [0.5, 0.6) is 0 Å². The van der Waals surface area contributed by atoms with E-state index in [0.717, 1.165) is 74.4 Å². The minimum absolute atomic E-state index is 0.115. The third kappa shape index (κ3) is 18.7. The van der Waals surface area contributed by atoms with E-state index >= 15 is 0 Å². The monoisotopic (exact) mass is 586 g/mol. The summed E-state index contributed by atoms with van der Waals surface area (Å²) in [6, 6.07) is 0. The first-order chi connectivity index (χ1) is 20.1. The van der Waals surface area contributed by atoms with Gasteiger partial charge >= 0.3 is 0 Å². The smallest absolute Gasteiger partial charge is 0.162 e. The van der Waals surface area contributed by atoms with E-state index in [1.165, 1.54) is 38.5 Å². The van der Waals surface area contributed by atoms with Gasteiger partial charge < -0.3 is 33.2 Å². The molecule has 2 unspecified atom stereocenters. The average Bonchev–Trinajstić information content (AvgIpc) is 2.97. The van der Waals surface area contributed by atoms with E-state index in [0.29, 0.717) is 26.4 Å². The lowest BCUT2D eigenvalue weighted by Crippen LogP contribution is -2.25. The van der Waals surface area contributed by atoms with Crippen LogP contribution in [-0.2, 0) is 33.2 Å². The Labute approximate surface area is 253 Å². The van der Waals surface area contributed by atoms with Crippen LogP contribution in [0.15, 0.2) is 23.0 Å². The summed E-state index contributed by atoms with van der Waals surface area (Å²) in [6.07, 6.45) is 14.2. The van der Waals surface area contributed by atoms with Gasteiger partial charge in [-0.3, -0.25) is 0 Å². The molecule has 0 heterocycles. The number of rotatable bonds is 30. The first-order valence-corrected chi connectivity index (χ1v) is 16.9. The van der Waals surface area contributed by atoms with Gasteiger partial charge in [0.1, 0.15) is 23.7 Å². The summed E-state index contributed by atoms with van der Waals surface area (Å²) in [5.74, 6) is 3.42. The zero-order valence-corrected chi connectivity index (χ0v) is 28.2. The van der Waals surface area contributed by atoms with E-state index in [-0.39, 0.29) is 25.8 Å². The zero-order valence-electron chi connectivity index (χ0n) is 28.2. The first kappa shape index (κ1) is 39.6. The Morgan fingerprint density at radius 1 is 0.439 bits per heavy atom. The molecule has 7 heteroatoms. The van der Waals surface area contributed by atoms with Gasteiger partial charge in [0.05, 0.1) is 26.4 Å². The number of hydrogen-bond acceptors (Lipinski definition) is 7. The molecular weight excluding hydrogens is 520 g/mol. The quantitative estimate of drug-likeness (QED) is 0.0471. The molecule has 7 nitrogen and oxygen atoms in total. The summed E-state index contributed by atoms with van der Waals surface area (Å²) in [4.78, 5) is 0. The summed E-state index contributed by atoms with van der Waals surface area (Å²) in [5, 5.41) is 0. The SMILES string of the molecule is CCCCCCC(OCOCOC(CCCCCC)C(OCC)=C(CCC)OCC)C(OCC)=C(CCC)OCC. The van der Waals surface area contributed by atoms with Crippen molar-refractivity contribution in [2.24, 2.45) is 0 Å². The lowest BCUT2D eigenvalue weighted by molar-refractivity contribution is -0.167. The second-order valence-electron chi connectivity index (χ2n) is 10.3. The highest BCUT2D eigenvalue weighted by Gasteiger charge is 2.24. The van der Waals surface area contributed by atoms with Crippen molar-refractivity contribution < 1.29 is 33.2 Å². The predicted octanol–water partition coefficient (Wildman–Crippen LogP) is 9.80. The standard InChI is InChI=1S/C34H66O7/c1-9-17-19-21-25-31(33(38-15-7)29(23-11-3)36-13-5)40-27-35-28-41-32(26-22-20-18-10-2)34(39-16-8)30(24-12-4)37-14-6/h31-32H,9-28H2,1-8H3. The van der Waals surface area contributed by atoms with Crippen molar-refractivity contribution in [2.45, 2.75) is 157 Å². The molecule has 0 rings (SSSR count). The molecule has 244 valence electrons. The van der Waals surface area contributed by atoms with Crippen molar-refractivity contribution in [3.63, 3.8) is 0 Å². The summed E-state index contributed by atoms with van der Waals surface area (Å²) in [7, 11) is 0. The molecular formula is C34H66O7. The van der Waals surface area contributed by atoms with Crippen LogP contribution in [0.4, 0.5) is 0 Å². The van der Waals surface area contributed by atoms with Crippen LogP contribution in [0.2, 0.25) is 0 Å². The Bertz CT molecular complexity index is 577. The van der Waals surface area contributed by atoms with Crippen molar-refractivity contribution in [1.29, 1.82) is 0 Å². The molecule has 2 atom stereocenters. The third-order valence-corrected chi connectivity index (χ3v) is 6.67. The summed E-state index contributed by atoms with van der Waals surface area (Å²) >= 11 is 0. The van der Waals surface area contributed by atoms with Gasteiger partial charge in [-0.15, -0.1) is 0 Å². The Balaban J connectivity index is 5.57. The molecule has 0 aliphatic carbocycles. The maximum Gasteiger partial charge on any atom is 0.162 e. The molecule has 0 aliphatic heterocycles. The predicted molar refractivity (Wildman–Crippen MR) is 168 cm³/mol. The van der Waals surface area contributed by atoms with Crippen molar-refractivity contribution in [3.05, 3.63) is 23.0 Å². The molecule has 41 heavy (non-hydrogen) atoms. The summed E-state index contributed by atoms with van der Waals surface area (Å²) in [5.41, 5.74) is 0. The summed E-state index contributed by atoms with van der Waals surface area (Å²) < 4.78 is 42.8. The Morgan fingerprint density at radius 2 is 0.829 bits per heavy atom. The number of hydrogen-bond donors (Lipinski definition) is 0. The molecule has 0 amide bonds. The second kappa shape index (κ2) is 28.7. The van der Waals surface area contributed by atoms with Gasteiger partial charge in [-0.25, -0.2) is 0 Å². The highest BCUT2D eigenvalue weighted by atomic mass is 16.7. The van der Waals surface area contributed by atoms with E-state index in [9.17, 15) is 0 Å². The zero-order chi connectivity index (χ0) is 30.6. The van der Waals surface area contributed by atoms with Crippen molar-refractivity contribution >= 4 is 0 Å². The molecule has 0 saturated carbocycles. The van der Waals surface area contributed by atoms with E-state index < -0.39 is 0 Å². The molecule has 0 saturated heterocycles. The van der Waals surface area contributed by atoms with Crippen molar-refractivity contribution in [2.75, 3.05) is 40.0 Å². The molecule has 0 bridgehead atoms. The highest BCUT2D eigenvalue weighted by Crippen LogP contribution is 2.26. The van der Waals surface area contributed by atoms with Crippen molar-refractivity contribution in [3.8, 4) is 0 Å². The van der Waals surface area contributed by atoms with Gasteiger partial charge in [-0.2, -0.15) is 0 Å². The van der Waals surface area contributed by atoms with Crippen molar-refractivity contribution in [1.82, 2.24) is 0 Å².